The molecule has 1 heterocycles. The smallest absolute Gasteiger partial charge is 0.257 e. The molecular weight excluding hydrogens is 351 g/mol. The fraction of sp³-hybridized carbons (Fsp3) is 0.300. The molecule has 0 aliphatic rings. The summed E-state index contributed by atoms with van der Waals surface area (Å²) in [4.78, 5) is 16.6. The third-order valence-corrected chi connectivity index (χ3v) is 4.89. The van der Waals surface area contributed by atoms with E-state index in [0.717, 1.165) is 12.2 Å². The first-order valence-corrected chi connectivity index (χ1v) is 9.57. The van der Waals surface area contributed by atoms with Crippen LogP contribution in [0.5, 0.6) is 5.75 Å². The minimum Gasteiger partial charge on any atom is -0.494 e. The second-order valence-electron chi connectivity index (χ2n) is 6.02. The summed E-state index contributed by atoms with van der Waals surface area (Å²) in [5.41, 5.74) is 1.19. The zero-order valence-corrected chi connectivity index (χ0v) is 15.4. The van der Waals surface area contributed by atoms with E-state index in [9.17, 15) is 9.18 Å². The van der Waals surface area contributed by atoms with E-state index < -0.39 is 0 Å². The average Bonchev–Trinajstić information content (AvgIpc) is 3.03. The molecular formula is C20H21FN2O2S. The normalized spacial score (nSPS) is 10.8. The van der Waals surface area contributed by atoms with Gasteiger partial charge in [0.05, 0.1) is 16.8 Å². The number of aromatic nitrogens is 1. The van der Waals surface area contributed by atoms with Crippen molar-refractivity contribution in [3.63, 3.8) is 0 Å². The van der Waals surface area contributed by atoms with Crippen LogP contribution in [0.1, 0.15) is 43.0 Å². The first-order chi connectivity index (χ1) is 12.7. The van der Waals surface area contributed by atoms with Crippen molar-refractivity contribution in [2.45, 2.75) is 32.6 Å². The minimum atomic E-state index is -0.315. The van der Waals surface area contributed by atoms with E-state index in [4.69, 9.17) is 4.74 Å². The molecule has 2 aromatic carbocycles. The zero-order valence-electron chi connectivity index (χ0n) is 14.6. The third-order valence-electron chi connectivity index (χ3n) is 3.95. The van der Waals surface area contributed by atoms with Gasteiger partial charge in [0.25, 0.3) is 5.91 Å². The zero-order chi connectivity index (χ0) is 18.4. The lowest BCUT2D eigenvalue weighted by Crippen LogP contribution is -2.11. The predicted molar refractivity (Wildman–Crippen MR) is 104 cm³/mol. The number of anilines is 1. The van der Waals surface area contributed by atoms with Crippen molar-refractivity contribution in [2.75, 3.05) is 11.9 Å². The monoisotopic (exact) mass is 372 g/mol. The first-order valence-electron chi connectivity index (χ1n) is 8.76. The Hall–Kier alpha value is -2.47. The third kappa shape index (κ3) is 4.79. The van der Waals surface area contributed by atoms with Crippen LogP contribution < -0.4 is 10.1 Å². The number of benzene rings is 2. The lowest BCUT2D eigenvalue weighted by atomic mass is 10.2. The fourth-order valence-corrected chi connectivity index (χ4v) is 3.43. The van der Waals surface area contributed by atoms with E-state index in [0.29, 0.717) is 27.5 Å². The highest BCUT2D eigenvalue weighted by atomic mass is 32.1. The molecule has 0 saturated carbocycles. The number of halogens is 1. The molecule has 26 heavy (non-hydrogen) atoms. The highest BCUT2D eigenvalue weighted by molar-refractivity contribution is 7.22. The maximum absolute atomic E-state index is 13.2. The average molecular weight is 372 g/mol. The topological polar surface area (TPSA) is 51.2 Å². The lowest BCUT2D eigenvalue weighted by molar-refractivity contribution is 0.102. The molecule has 1 aromatic heterocycles. The maximum atomic E-state index is 13.2. The number of nitrogens with one attached hydrogen (secondary N) is 1. The Morgan fingerprint density at radius 3 is 2.73 bits per heavy atom. The van der Waals surface area contributed by atoms with Gasteiger partial charge in [-0.25, -0.2) is 9.37 Å². The Labute approximate surface area is 156 Å². The fourth-order valence-electron chi connectivity index (χ4n) is 2.54. The summed E-state index contributed by atoms with van der Waals surface area (Å²) in [5, 5.41) is 3.21. The van der Waals surface area contributed by atoms with E-state index in [1.165, 1.54) is 42.7 Å². The predicted octanol–water partition coefficient (Wildman–Crippen LogP) is 5.65. The summed E-state index contributed by atoms with van der Waals surface area (Å²) in [7, 11) is 0. The van der Waals surface area contributed by atoms with Gasteiger partial charge in [0.15, 0.2) is 5.13 Å². The molecule has 0 aliphatic heterocycles. The van der Waals surface area contributed by atoms with Gasteiger partial charge in [0.2, 0.25) is 0 Å². The highest BCUT2D eigenvalue weighted by Crippen LogP contribution is 2.27. The molecule has 3 aromatic rings. The second-order valence-corrected chi connectivity index (χ2v) is 7.05. The van der Waals surface area contributed by atoms with Crippen LogP contribution in [0.25, 0.3) is 10.2 Å². The van der Waals surface area contributed by atoms with Crippen LogP contribution in [-0.4, -0.2) is 17.5 Å². The van der Waals surface area contributed by atoms with Crippen molar-refractivity contribution in [1.82, 2.24) is 4.98 Å². The molecule has 0 aliphatic carbocycles. The molecule has 0 unspecified atom stereocenters. The number of hydrogen-bond acceptors (Lipinski definition) is 4. The summed E-state index contributed by atoms with van der Waals surface area (Å²) < 4.78 is 19.6. The van der Waals surface area contributed by atoms with Gasteiger partial charge in [-0.3, -0.25) is 10.1 Å². The van der Waals surface area contributed by atoms with Crippen molar-refractivity contribution < 1.29 is 13.9 Å². The minimum absolute atomic E-state index is 0.251. The number of rotatable bonds is 8. The number of carbonyl (C=O) groups excluding carboxylic acids is 1. The molecule has 0 spiro atoms. The SMILES string of the molecule is CCCCCCOc1ccc(C(=O)Nc2nc3ccc(F)cc3s2)cc1. The van der Waals surface area contributed by atoms with Gasteiger partial charge < -0.3 is 4.74 Å². The van der Waals surface area contributed by atoms with E-state index in [2.05, 4.69) is 17.2 Å². The number of ether oxygens (including phenoxy) is 1. The summed E-state index contributed by atoms with van der Waals surface area (Å²) in [6.45, 7) is 2.87. The Morgan fingerprint density at radius 2 is 1.96 bits per heavy atom. The number of unbranched alkanes of at least 4 members (excludes halogenated alkanes) is 3. The van der Waals surface area contributed by atoms with Crippen LogP contribution in [0.4, 0.5) is 9.52 Å². The highest BCUT2D eigenvalue weighted by Gasteiger charge is 2.10. The summed E-state index contributed by atoms with van der Waals surface area (Å²) in [5.74, 6) is 0.192. The molecule has 0 radical (unpaired) electrons. The maximum Gasteiger partial charge on any atom is 0.257 e. The lowest BCUT2D eigenvalue weighted by Gasteiger charge is -2.07. The molecule has 3 rings (SSSR count). The number of thiazole rings is 1. The van der Waals surface area contributed by atoms with Crippen LogP contribution in [0.2, 0.25) is 0 Å². The summed E-state index contributed by atoms with van der Waals surface area (Å²) in [6, 6.07) is 11.4. The van der Waals surface area contributed by atoms with Crippen LogP contribution in [0.3, 0.4) is 0 Å². The number of amides is 1. The summed E-state index contributed by atoms with van der Waals surface area (Å²) in [6.07, 6.45) is 4.63. The van der Waals surface area contributed by atoms with Crippen LogP contribution in [-0.2, 0) is 0 Å². The van der Waals surface area contributed by atoms with E-state index in [1.807, 2.05) is 0 Å². The molecule has 136 valence electrons. The summed E-state index contributed by atoms with van der Waals surface area (Å²) >= 11 is 1.25. The van der Waals surface area contributed by atoms with E-state index in [-0.39, 0.29) is 11.7 Å². The van der Waals surface area contributed by atoms with Crippen molar-refractivity contribution in [1.29, 1.82) is 0 Å². The molecule has 0 bridgehead atoms. The van der Waals surface area contributed by atoms with E-state index >= 15 is 0 Å². The number of nitrogens with zero attached hydrogens (tertiary/aromatic N) is 1. The Kier molecular flexibility index (Phi) is 6.17. The van der Waals surface area contributed by atoms with Crippen LogP contribution >= 0.6 is 11.3 Å². The number of carbonyl (C=O) groups is 1. The van der Waals surface area contributed by atoms with Gasteiger partial charge in [-0.15, -0.1) is 0 Å². The van der Waals surface area contributed by atoms with Crippen LogP contribution in [0.15, 0.2) is 42.5 Å². The van der Waals surface area contributed by atoms with Gasteiger partial charge in [0.1, 0.15) is 11.6 Å². The quantitative estimate of drug-likeness (QED) is 0.520. The molecule has 4 nitrogen and oxygen atoms in total. The van der Waals surface area contributed by atoms with Gasteiger partial charge in [0, 0.05) is 5.56 Å². The first kappa shape index (κ1) is 18.3. The Balaban J connectivity index is 1.57. The number of fused-ring (bicyclic) bond motifs is 1. The Morgan fingerprint density at radius 1 is 1.15 bits per heavy atom. The molecule has 1 amide bonds. The van der Waals surface area contributed by atoms with Crippen molar-refractivity contribution in [3.05, 3.63) is 53.8 Å². The standard InChI is InChI=1S/C20H21FN2O2S/c1-2-3-4-5-12-25-16-9-6-14(7-10-16)19(24)23-20-22-17-11-8-15(21)13-18(17)26-20/h6-11,13H,2-5,12H2,1H3,(H,22,23,24). The van der Waals surface area contributed by atoms with Gasteiger partial charge >= 0.3 is 0 Å². The second kappa shape index (κ2) is 8.76. The Bertz CT molecular complexity index is 877. The van der Waals surface area contributed by atoms with Gasteiger partial charge in [-0.2, -0.15) is 0 Å². The molecule has 6 heteroatoms. The van der Waals surface area contributed by atoms with Crippen molar-refractivity contribution in [2.24, 2.45) is 0 Å². The number of hydrogen-bond donors (Lipinski definition) is 1. The molecule has 0 atom stereocenters. The largest absolute Gasteiger partial charge is 0.494 e. The molecule has 1 N–H and O–H groups in total. The van der Waals surface area contributed by atoms with Gasteiger partial charge in [-0.05, 0) is 48.9 Å². The van der Waals surface area contributed by atoms with Gasteiger partial charge in [-0.1, -0.05) is 37.5 Å². The molecule has 0 saturated heterocycles. The molecule has 0 fully saturated rings. The van der Waals surface area contributed by atoms with E-state index in [1.54, 1.807) is 30.3 Å². The van der Waals surface area contributed by atoms with Crippen molar-refractivity contribution in [3.8, 4) is 5.75 Å². The van der Waals surface area contributed by atoms with Crippen LogP contribution in [0, 0.1) is 5.82 Å². The van der Waals surface area contributed by atoms with Crippen molar-refractivity contribution >= 4 is 32.6 Å².